The molecule has 3 aromatic heterocycles. The SMILES string of the molecule is COCCCn1cncc1-c1cnn(-c2ccnc3cc(Cl)ccc23)c1COC. The lowest BCUT2D eigenvalue weighted by molar-refractivity contribution is 0.179. The van der Waals surface area contributed by atoms with E-state index in [1.165, 1.54) is 0 Å². The lowest BCUT2D eigenvalue weighted by atomic mass is 10.1. The first kappa shape index (κ1) is 19.6. The second kappa shape index (κ2) is 8.73. The normalized spacial score (nSPS) is 11.4. The third-order valence-corrected chi connectivity index (χ3v) is 5.03. The molecule has 0 aliphatic rings. The largest absolute Gasteiger partial charge is 0.385 e. The van der Waals surface area contributed by atoms with Gasteiger partial charge in [-0.2, -0.15) is 5.10 Å². The van der Waals surface area contributed by atoms with E-state index in [0.717, 1.165) is 46.5 Å². The first-order valence-corrected chi connectivity index (χ1v) is 9.70. The van der Waals surface area contributed by atoms with Crippen LogP contribution in [0, 0.1) is 0 Å². The van der Waals surface area contributed by atoms with Crippen LogP contribution in [0.25, 0.3) is 27.8 Å². The fraction of sp³-hybridized carbons (Fsp3) is 0.286. The van der Waals surface area contributed by atoms with Crippen molar-refractivity contribution in [1.29, 1.82) is 0 Å². The summed E-state index contributed by atoms with van der Waals surface area (Å²) in [5, 5.41) is 6.30. The highest BCUT2D eigenvalue weighted by Gasteiger charge is 2.18. The quantitative estimate of drug-likeness (QED) is 0.408. The number of benzene rings is 1. The van der Waals surface area contributed by atoms with E-state index in [1.54, 1.807) is 20.4 Å². The topological polar surface area (TPSA) is 67.0 Å². The maximum atomic E-state index is 6.14. The minimum Gasteiger partial charge on any atom is -0.385 e. The van der Waals surface area contributed by atoms with Crippen molar-refractivity contribution in [1.82, 2.24) is 24.3 Å². The molecule has 7 nitrogen and oxygen atoms in total. The zero-order chi connectivity index (χ0) is 20.2. The molecule has 0 amide bonds. The van der Waals surface area contributed by atoms with Gasteiger partial charge in [-0.3, -0.25) is 4.98 Å². The van der Waals surface area contributed by atoms with Crippen molar-refractivity contribution in [3.8, 4) is 16.9 Å². The minimum atomic E-state index is 0.413. The summed E-state index contributed by atoms with van der Waals surface area (Å²) in [6.45, 7) is 1.93. The highest BCUT2D eigenvalue weighted by atomic mass is 35.5. The van der Waals surface area contributed by atoms with Crippen LogP contribution in [0.1, 0.15) is 12.1 Å². The van der Waals surface area contributed by atoms with Gasteiger partial charge in [0.2, 0.25) is 0 Å². The van der Waals surface area contributed by atoms with E-state index in [2.05, 4.69) is 19.6 Å². The fourth-order valence-electron chi connectivity index (χ4n) is 3.46. The van der Waals surface area contributed by atoms with E-state index in [0.29, 0.717) is 18.2 Å². The van der Waals surface area contributed by atoms with Crippen LogP contribution >= 0.6 is 11.6 Å². The summed E-state index contributed by atoms with van der Waals surface area (Å²) in [5.41, 5.74) is 4.68. The molecule has 0 atom stereocenters. The van der Waals surface area contributed by atoms with Crippen molar-refractivity contribution in [2.24, 2.45) is 0 Å². The maximum Gasteiger partial charge on any atom is 0.0950 e. The molecule has 150 valence electrons. The molecule has 0 fully saturated rings. The predicted octanol–water partition coefficient (Wildman–Crippen LogP) is 4.12. The number of aromatic nitrogens is 5. The molecule has 3 heterocycles. The van der Waals surface area contributed by atoms with Gasteiger partial charge in [-0.15, -0.1) is 0 Å². The summed E-state index contributed by atoms with van der Waals surface area (Å²) in [4.78, 5) is 8.77. The summed E-state index contributed by atoms with van der Waals surface area (Å²) in [6, 6.07) is 7.63. The smallest absolute Gasteiger partial charge is 0.0950 e. The molecule has 8 heteroatoms. The molecule has 0 radical (unpaired) electrons. The van der Waals surface area contributed by atoms with Crippen molar-refractivity contribution in [2.45, 2.75) is 19.6 Å². The number of imidazole rings is 1. The number of fused-ring (bicyclic) bond motifs is 1. The summed E-state index contributed by atoms with van der Waals surface area (Å²) < 4.78 is 14.7. The van der Waals surface area contributed by atoms with Gasteiger partial charge in [0.15, 0.2) is 0 Å². The first-order valence-electron chi connectivity index (χ1n) is 9.33. The summed E-state index contributed by atoms with van der Waals surface area (Å²) in [6.07, 6.45) is 8.23. The van der Waals surface area contributed by atoms with Gasteiger partial charge >= 0.3 is 0 Å². The number of hydrogen-bond acceptors (Lipinski definition) is 5. The number of hydrogen-bond donors (Lipinski definition) is 0. The summed E-state index contributed by atoms with van der Waals surface area (Å²) >= 11 is 6.14. The average molecular weight is 412 g/mol. The molecular formula is C21H22ClN5O2. The molecule has 0 spiro atoms. The number of rotatable bonds is 8. The van der Waals surface area contributed by atoms with Crippen LogP contribution in [0.5, 0.6) is 0 Å². The van der Waals surface area contributed by atoms with E-state index in [4.69, 9.17) is 21.1 Å². The Balaban J connectivity index is 1.81. The van der Waals surface area contributed by atoms with Crippen molar-refractivity contribution < 1.29 is 9.47 Å². The maximum absolute atomic E-state index is 6.14. The van der Waals surface area contributed by atoms with Crippen LogP contribution in [0.2, 0.25) is 5.02 Å². The van der Waals surface area contributed by atoms with Gasteiger partial charge in [0.25, 0.3) is 0 Å². The van der Waals surface area contributed by atoms with E-state index >= 15 is 0 Å². The van der Waals surface area contributed by atoms with E-state index in [9.17, 15) is 0 Å². The number of methoxy groups -OCH3 is 2. The summed E-state index contributed by atoms with van der Waals surface area (Å²) in [7, 11) is 3.39. The van der Waals surface area contributed by atoms with Gasteiger partial charge in [-0.05, 0) is 30.7 Å². The Morgan fingerprint density at radius 2 is 2.00 bits per heavy atom. The standard InChI is InChI=1S/C21H22ClN5O2/c1-28-9-3-8-26-14-23-12-20(26)17-11-25-27(21(17)13-29-2)19-6-7-24-18-10-15(22)4-5-16(18)19/h4-7,10-12,14H,3,8-9,13H2,1-2H3. The number of aryl methyl sites for hydroxylation is 1. The molecular weight excluding hydrogens is 390 g/mol. The molecule has 0 saturated carbocycles. The monoisotopic (exact) mass is 411 g/mol. The lowest BCUT2D eigenvalue weighted by Crippen LogP contribution is -2.07. The molecule has 0 bridgehead atoms. The molecule has 0 aliphatic carbocycles. The van der Waals surface area contributed by atoms with Gasteiger partial charge in [-0.1, -0.05) is 11.6 Å². The molecule has 0 unspecified atom stereocenters. The third kappa shape index (κ3) is 3.89. The molecule has 0 saturated heterocycles. The molecule has 29 heavy (non-hydrogen) atoms. The number of ether oxygens (including phenoxy) is 2. The number of halogens is 1. The lowest BCUT2D eigenvalue weighted by Gasteiger charge is -2.12. The van der Waals surface area contributed by atoms with Crippen molar-refractivity contribution >= 4 is 22.5 Å². The van der Waals surface area contributed by atoms with Crippen LogP contribution < -0.4 is 0 Å². The van der Waals surface area contributed by atoms with Gasteiger partial charge in [0, 0.05) is 49.5 Å². The van der Waals surface area contributed by atoms with Gasteiger partial charge in [0.05, 0.1) is 47.9 Å². The Labute approximate surface area is 173 Å². The third-order valence-electron chi connectivity index (χ3n) is 4.80. The Morgan fingerprint density at radius 3 is 2.83 bits per heavy atom. The second-order valence-corrected chi connectivity index (χ2v) is 7.10. The molecule has 4 rings (SSSR count). The van der Waals surface area contributed by atoms with Crippen LogP contribution in [-0.4, -0.2) is 45.1 Å². The van der Waals surface area contributed by atoms with E-state index in [1.807, 2.05) is 47.7 Å². The Kier molecular flexibility index (Phi) is 5.89. The zero-order valence-corrected chi connectivity index (χ0v) is 17.1. The molecule has 1 aromatic carbocycles. The van der Waals surface area contributed by atoms with Gasteiger partial charge < -0.3 is 14.0 Å². The van der Waals surface area contributed by atoms with Crippen molar-refractivity contribution in [3.05, 3.63) is 59.9 Å². The van der Waals surface area contributed by atoms with Gasteiger partial charge in [-0.25, -0.2) is 9.67 Å². The van der Waals surface area contributed by atoms with Crippen molar-refractivity contribution in [2.75, 3.05) is 20.8 Å². The van der Waals surface area contributed by atoms with Crippen molar-refractivity contribution in [3.63, 3.8) is 0 Å². The van der Waals surface area contributed by atoms with Crippen LogP contribution in [0.4, 0.5) is 0 Å². The number of pyridine rings is 1. The zero-order valence-electron chi connectivity index (χ0n) is 16.4. The highest BCUT2D eigenvalue weighted by Crippen LogP contribution is 2.29. The minimum absolute atomic E-state index is 0.413. The Hall–Kier alpha value is -2.74. The first-order chi connectivity index (χ1) is 14.2. The van der Waals surface area contributed by atoms with Crippen LogP contribution in [0.3, 0.4) is 0 Å². The predicted molar refractivity (Wildman–Crippen MR) is 112 cm³/mol. The Bertz CT molecular complexity index is 1120. The van der Waals surface area contributed by atoms with E-state index < -0.39 is 0 Å². The van der Waals surface area contributed by atoms with Crippen LogP contribution in [0.15, 0.2) is 49.2 Å². The average Bonchev–Trinajstić information content (AvgIpc) is 3.34. The fourth-order valence-corrected chi connectivity index (χ4v) is 3.63. The Morgan fingerprint density at radius 1 is 1.10 bits per heavy atom. The molecule has 0 N–H and O–H groups in total. The van der Waals surface area contributed by atoms with E-state index in [-0.39, 0.29) is 0 Å². The van der Waals surface area contributed by atoms with Crippen LogP contribution in [-0.2, 0) is 22.6 Å². The summed E-state index contributed by atoms with van der Waals surface area (Å²) in [5.74, 6) is 0. The number of nitrogens with zero attached hydrogens (tertiary/aromatic N) is 5. The molecule has 4 aromatic rings. The highest BCUT2D eigenvalue weighted by molar-refractivity contribution is 6.31. The second-order valence-electron chi connectivity index (χ2n) is 6.66. The molecule has 0 aliphatic heterocycles. The van der Waals surface area contributed by atoms with Gasteiger partial charge in [0.1, 0.15) is 0 Å².